The van der Waals surface area contributed by atoms with Gasteiger partial charge < -0.3 is 0 Å². The summed E-state index contributed by atoms with van der Waals surface area (Å²) in [4.78, 5) is 12.3. The Hall–Kier alpha value is -1.11. The summed E-state index contributed by atoms with van der Waals surface area (Å²) in [5, 5.41) is 0. The Labute approximate surface area is 111 Å². The molecule has 1 aromatic rings. The van der Waals surface area contributed by atoms with E-state index in [4.69, 9.17) is 0 Å². The van der Waals surface area contributed by atoms with E-state index in [0.29, 0.717) is 11.7 Å². The van der Waals surface area contributed by atoms with Gasteiger partial charge in [0.25, 0.3) is 0 Å². The van der Waals surface area contributed by atoms with E-state index in [0.717, 1.165) is 12.0 Å². The highest BCUT2D eigenvalue weighted by Gasteiger charge is 2.17. The molecule has 18 heavy (non-hydrogen) atoms. The first-order chi connectivity index (χ1) is 8.65. The van der Waals surface area contributed by atoms with Gasteiger partial charge in [-0.05, 0) is 31.9 Å². The number of hydrogen-bond acceptors (Lipinski definition) is 1. The highest BCUT2D eigenvalue weighted by Crippen LogP contribution is 2.27. The zero-order chi connectivity index (χ0) is 13.0. The minimum absolute atomic E-state index is 0.341. The molecule has 0 aliphatic heterocycles. The summed E-state index contributed by atoms with van der Waals surface area (Å²) in [7, 11) is 0. The smallest absolute Gasteiger partial charge is 0.163 e. The third-order valence-electron chi connectivity index (χ3n) is 3.99. The van der Waals surface area contributed by atoms with Gasteiger partial charge in [-0.2, -0.15) is 0 Å². The molecule has 1 nitrogen and oxygen atoms in total. The summed E-state index contributed by atoms with van der Waals surface area (Å²) >= 11 is 0. The van der Waals surface area contributed by atoms with Gasteiger partial charge in [0.2, 0.25) is 0 Å². The minimum Gasteiger partial charge on any atom is -0.294 e. The second-order valence-corrected chi connectivity index (χ2v) is 5.86. The second kappa shape index (κ2) is 6.17. The van der Waals surface area contributed by atoms with Gasteiger partial charge in [-0.3, -0.25) is 4.79 Å². The molecule has 0 N–H and O–H groups in total. The van der Waals surface area contributed by atoms with E-state index in [9.17, 15) is 4.79 Å². The van der Waals surface area contributed by atoms with Crippen LogP contribution in [0.5, 0.6) is 0 Å². The molecule has 0 aromatic heterocycles. The zero-order valence-electron chi connectivity index (χ0n) is 11.7. The van der Waals surface area contributed by atoms with Crippen molar-refractivity contribution in [2.45, 2.75) is 58.8 Å². The van der Waals surface area contributed by atoms with Crippen LogP contribution in [-0.2, 0) is 0 Å². The predicted molar refractivity (Wildman–Crippen MR) is 76.1 cm³/mol. The summed E-state index contributed by atoms with van der Waals surface area (Å²) in [6.45, 7) is 4.13. The Morgan fingerprint density at radius 1 is 1.00 bits per heavy atom. The molecule has 0 amide bonds. The molecule has 0 heterocycles. The number of carbonyl (C=O) groups is 1. The molecule has 0 spiro atoms. The molecule has 1 aliphatic rings. The second-order valence-electron chi connectivity index (χ2n) is 5.86. The number of carbonyl (C=O) groups excluding carboxylic acids is 1. The van der Waals surface area contributed by atoms with Crippen LogP contribution in [0.2, 0.25) is 0 Å². The molecule has 1 heteroatoms. The number of ketones is 1. The van der Waals surface area contributed by atoms with E-state index in [-0.39, 0.29) is 0 Å². The first-order valence-corrected chi connectivity index (χ1v) is 7.26. The molecule has 1 fully saturated rings. The fraction of sp³-hybridized carbons (Fsp3) is 0.588. The Balaban J connectivity index is 2.01. The van der Waals surface area contributed by atoms with Crippen LogP contribution in [0.25, 0.3) is 0 Å². The first kappa shape index (κ1) is 13.3. The van der Waals surface area contributed by atoms with Crippen LogP contribution >= 0.6 is 0 Å². The summed E-state index contributed by atoms with van der Waals surface area (Å²) in [5.41, 5.74) is 3.30. The monoisotopic (exact) mass is 244 g/mol. The van der Waals surface area contributed by atoms with Crippen molar-refractivity contribution in [2.75, 3.05) is 0 Å². The molecule has 0 atom stereocenters. The Kier molecular flexibility index (Phi) is 4.57. The lowest BCUT2D eigenvalue weighted by atomic mass is 9.91. The van der Waals surface area contributed by atoms with Crippen molar-refractivity contribution in [2.24, 2.45) is 5.92 Å². The number of aryl methyl sites for hydroxylation is 2. The van der Waals surface area contributed by atoms with E-state index in [1.165, 1.54) is 49.7 Å². The summed E-state index contributed by atoms with van der Waals surface area (Å²) in [6, 6.07) is 6.19. The topological polar surface area (TPSA) is 17.1 Å². The molecular weight excluding hydrogens is 220 g/mol. The molecule has 0 unspecified atom stereocenters. The van der Waals surface area contributed by atoms with Gasteiger partial charge in [0.15, 0.2) is 5.78 Å². The lowest BCUT2D eigenvalue weighted by Gasteiger charge is -2.13. The predicted octanol–water partition coefficient (Wildman–Crippen LogP) is 4.85. The van der Waals surface area contributed by atoms with E-state index >= 15 is 0 Å². The number of hydrogen-bond donors (Lipinski definition) is 0. The summed E-state index contributed by atoms with van der Waals surface area (Å²) < 4.78 is 0. The normalized spacial score (nSPS) is 17.4. The minimum atomic E-state index is 0.341. The fourth-order valence-electron chi connectivity index (χ4n) is 3.08. The van der Waals surface area contributed by atoms with Gasteiger partial charge in [0.1, 0.15) is 0 Å². The number of Topliss-reactive ketones (excluding diaryl/α,β-unsaturated/α-hetero) is 1. The molecule has 1 saturated carbocycles. The van der Waals surface area contributed by atoms with Crippen LogP contribution in [0.3, 0.4) is 0 Å². The molecular formula is C17H24O. The lowest BCUT2D eigenvalue weighted by molar-refractivity contribution is 0.0957. The van der Waals surface area contributed by atoms with Crippen molar-refractivity contribution in [3.8, 4) is 0 Å². The van der Waals surface area contributed by atoms with Crippen molar-refractivity contribution >= 4 is 5.78 Å². The Morgan fingerprint density at radius 2 is 1.56 bits per heavy atom. The van der Waals surface area contributed by atoms with Crippen molar-refractivity contribution in [3.05, 3.63) is 34.9 Å². The maximum atomic E-state index is 12.3. The molecule has 2 rings (SSSR count). The third-order valence-corrected chi connectivity index (χ3v) is 3.99. The lowest BCUT2D eigenvalue weighted by Crippen LogP contribution is -2.08. The van der Waals surface area contributed by atoms with Gasteiger partial charge in [0.05, 0.1) is 0 Å². The standard InChI is InChI=1S/C17H24O/c1-13-9-14(2)11-16(10-13)17(18)12-15-7-5-3-4-6-8-15/h9-11,15H,3-8,12H2,1-2H3. The fourth-order valence-corrected chi connectivity index (χ4v) is 3.08. The van der Waals surface area contributed by atoms with Crippen molar-refractivity contribution in [1.29, 1.82) is 0 Å². The van der Waals surface area contributed by atoms with Gasteiger partial charge in [-0.25, -0.2) is 0 Å². The molecule has 98 valence electrons. The molecule has 0 radical (unpaired) electrons. The van der Waals surface area contributed by atoms with Crippen LogP contribution in [-0.4, -0.2) is 5.78 Å². The molecule has 1 aromatic carbocycles. The average Bonchev–Trinajstić information content (AvgIpc) is 2.56. The number of benzene rings is 1. The highest BCUT2D eigenvalue weighted by molar-refractivity contribution is 5.96. The first-order valence-electron chi connectivity index (χ1n) is 7.26. The van der Waals surface area contributed by atoms with Gasteiger partial charge in [-0.1, -0.05) is 55.7 Å². The van der Waals surface area contributed by atoms with E-state index < -0.39 is 0 Å². The van der Waals surface area contributed by atoms with Crippen LogP contribution < -0.4 is 0 Å². The number of rotatable bonds is 3. The maximum Gasteiger partial charge on any atom is 0.163 e. The van der Waals surface area contributed by atoms with E-state index in [1.54, 1.807) is 0 Å². The van der Waals surface area contributed by atoms with Gasteiger partial charge in [-0.15, -0.1) is 0 Å². The Bertz CT molecular complexity index is 391. The van der Waals surface area contributed by atoms with Crippen LogP contribution in [0.4, 0.5) is 0 Å². The SMILES string of the molecule is Cc1cc(C)cc(C(=O)CC2CCCCCC2)c1. The summed E-state index contributed by atoms with van der Waals surface area (Å²) in [6.07, 6.45) is 8.58. The summed E-state index contributed by atoms with van der Waals surface area (Å²) in [5.74, 6) is 0.967. The molecule has 1 aliphatic carbocycles. The molecule has 0 saturated heterocycles. The van der Waals surface area contributed by atoms with Crippen molar-refractivity contribution in [3.63, 3.8) is 0 Å². The van der Waals surface area contributed by atoms with E-state index in [1.807, 2.05) is 12.1 Å². The highest BCUT2D eigenvalue weighted by atomic mass is 16.1. The largest absolute Gasteiger partial charge is 0.294 e. The van der Waals surface area contributed by atoms with Crippen molar-refractivity contribution < 1.29 is 4.79 Å². The van der Waals surface area contributed by atoms with E-state index in [2.05, 4.69) is 19.9 Å². The van der Waals surface area contributed by atoms with Gasteiger partial charge >= 0.3 is 0 Å². The average molecular weight is 244 g/mol. The molecule has 0 bridgehead atoms. The maximum absolute atomic E-state index is 12.3. The quantitative estimate of drug-likeness (QED) is 0.549. The third kappa shape index (κ3) is 3.69. The van der Waals surface area contributed by atoms with Gasteiger partial charge in [0, 0.05) is 12.0 Å². The van der Waals surface area contributed by atoms with Crippen LogP contribution in [0, 0.1) is 19.8 Å². The van der Waals surface area contributed by atoms with Crippen LogP contribution in [0.1, 0.15) is 66.4 Å². The van der Waals surface area contributed by atoms with Crippen molar-refractivity contribution in [1.82, 2.24) is 0 Å². The Morgan fingerprint density at radius 3 is 2.11 bits per heavy atom. The van der Waals surface area contributed by atoms with Crippen LogP contribution in [0.15, 0.2) is 18.2 Å². The zero-order valence-corrected chi connectivity index (χ0v) is 11.7.